The minimum atomic E-state index is -0.417. The average molecular weight is 570 g/mol. The van der Waals surface area contributed by atoms with Gasteiger partial charge in [-0.05, 0) is 60.4 Å². The molecule has 39 heavy (non-hydrogen) atoms. The maximum absolute atomic E-state index is 13.7. The van der Waals surface area contributed by atoms with Crippen LogP contribution in [0.3, 0.4) is 0 Å². The van der Waals surface area contributed by atoms with E-state index in [4.69, 9.17) is 23.2 Å². The average Bonchev–Trinajstić information content (AvgIpc) is 3.34. The van der Waals surface area contributed by atoms with Gasteiger partial charge in [0.2, 0.25) is 5.91 Å². The first-order chi connectivity index (χ1) is 18.8. The van der Waals surface area contributed by atoms with Crippen molar-refractivity contribution < 1.29 is 14.0 Å². The molecule has 1 aromatic heterocycles. The quantitative estimate of drug-likeness (QED) is 0.196. The summed E-state index contributed by atoms with van der Waals surface area (Å²) in [6.45, 7) is 3.06. The van der Waals surface area contributed by atoms with E-state index in [1.807, 2.05) is 37.4 Å². The number of halogens is 3. The van der Waals surface area contributed by atoms with Crippen molar-refractivity contribution in [2.45, 2.75) is 32.7 Å². The van der Waals surface area contributed by atoms with E-state index in [1.54, 1.807) is 35.2 Å². The minimum absolute atomic E-state index is 0.105. The van der Waals surface area contributed by atoms with Crippen molar-refractivity contribution in [1.29, 1.82) is 0 Å². The molecule has 4 rings (SSSR count). The van der Waals surface area contributed by atoms with Crippen molar-refractivity contribution in [1.82, 2.24) is 14.8 Å². The molecule has 0 saturated carbocycles. The molecular formula is C30H31Cl2FN4O2. The van der Waals surface area contributed by atoms with E-state index in [1.165, 1.54) is 17.0 Å². The van der Waals surface area contributed by atoms with E-state index >= 15 is 0 Å². The molecule has 0 fully saturated rings. The summed E-state index contributed by atoms with van der Waals surface area (Å²) in [7, 11) is 0. The van der Waals surface area contributed by atoms with Crippen LogP contribution in [-0.4, -0.2) is 46.4 Å². The second kappa shape index (κ2) is 13.5. The van der Waals surface area contributed by atoms with Crippen molar-refractivity contribution >= 4 is 51.7 Å². The second-order valence-corrected chi connectivity index (χ2v) is 10.2. The Morgan fingerprint density at radius 2 is 1.74 bits per heavy atom. The van der Waals surface area contributed by atoms with Gasteiger partial charge >= 0.3 is 6.03 Å². The van der Waals surface area contributed by atoms with Crippen LogP contribution in [0.1, 0.15) is 30.9 Å². The highest BCUT2D eigenvalue weighted by Gasteiger charge is 2.22. The standard InChI is InChI=1S/C30H31Cl2FN4O2/c1-2-3-15-37(30(39)35-28-13-10-23(31)17-26(28)32)20-29(38)36(19-21-8-11-24(33)12-9-21)16-14-22-18-34-27-7-5-4-6-25(22)27/h4-13,17-18,34H,2-3,14-16,19-20H2,1H3,(H,35,39). The highest BCUT2D eigenvalue weighted by Crippen LogP contribution is 2.26. The number of para-hydroxylation sites is 1. The second-order valence-electron chi connectivity index (χ2n) is 9.38. The number of rotatable bonds is 11. The third kappa shape index (κ3) is 7.74. The highest BCUT2D eigenvalue weighted by atomic mass is 35.5. The van der Waals surface area contributed by atoms with Crippen LogP contribution in [0.25, 0.3) is 10.9 Å². The lowest BCUT2D eigenvalue weighted by Gasteiger charge is -2.28. The van der Waals surface area contributed by atoms with Gasteiger partial charge in [0.05, 0.1) is 10.7 Å². The number of benzene rings is 3. The summed E-state index contributed by atoms with van der Waals surface area (Å²) in [5, 5.41) is 4.68. The molecule has 0 atom stereocenters. The van der Waals surface area contributed by atoms with Gasteiger partial charge in [-0.2, -0.15) is 0 Å². The molecule has 4 aromatic rings. The molecule has 0 unspecified atom stereocenters. The third-order valence-electron chi connectivity index (χ3n) is 6.53. The van der Waals surface area contributed by atoms with E-state index in [0.29, 0.717) is 41.8 Å². The molecule has 1 heterocycles. The zero-order valence-electron chi connectivity index (χ0n) is 21.7. The number of aromatic amines is 1. The van der Waals surface area contributed by atoms with Gasteiger partial charge in [0.15, 0.2) is 0 Å². The van der Waals surface area contributed by atoms with Crippen LogP contribution in [0.4, 0.5) is 14.9 Å². The number of hydrogen-bond donors (Lipinski definition) is 2. The SMILES string of the molecule is CCCCN(CC(=O)N(CCc1c[nH]c2ccccc12)Cc1ccc(F)cc1)C(=O)Nc1ccc(Cl)cc1Cl. The van der Waals surface area contributed by atoms with Gasteiger partial charge in [-0.3, -0.25) is 4.79 Å². The van der Waals surface area contributed by atoms with Crippen molar-refractivity contribution in [3.8, 4) is 0 Å². The van der Waals surface area contributed by atoms with Gasteiger partial charge in [-0.15, -0.1) is 0 Å². The van der Waals surface area contributed by atoms with Crippen molar-refractivity contribution in [3.63, 3.8) is 0 Å². The first-order valence-corrected chi connectivity index (χ1v) is 13.7. The fourth-order valence-electron chi connectivity index (χ4n) is 4.35. The lowest BCUT2D eigenvalue weighted by molar-refractivity contribution is -0.132. The molecule has 0 bridgehead atoms. The molecule has 9 heteroatoms. The molecule has 0 saturated heterocycles. The number of carbonyl (C=O) groups excluding carboxylic acids is 2. The molecule has 204 valence electrons. The van der Waals surface area contributed by atoms with Gasteiger partial charge in [-0.25, -0.2) is 9.18 Å². The molecule has 0 radical (unpaired) electrons. The summed E-state index contributed by atoms with van der Waals surface area (Å²) in [6.07, 6.45) is 4.18. The molecule has 0 aliphatic carbocycles. The number of nitrogens with zero attached hydrogens (tertiary/aromatic N) is 2. The Morgan fingerprint density at radius 1 is 0.974 bits per heavy atom. The number of hydrogen-bond acceptors (Lipinski definition) is 2. The number of anilines is 1. The highest BCUT2D eigenvalue weighted by molar-refractivity contribution is 6.36. The van der Waals surface area contributed by atoms with Gasteiger partial charge in [0.25, 0.3) is 0 Å². The normalized spacial score (nSPS) is 11.0. The summed E-state index contributed by atoms with van der Waals surface area (Å²) in [4.78, 5) is 33.4. The van der Waals surface area contributed by atoms with E-state index in [0.717, 1.165) is 34.9 Å². The zero-order chi connectivity index (χ0) is 27.8. The fraction of sp³-hybridized carbons (Fsp3) is 0.267. The maximum Gasteiger partial charge on any atom is 0.322 e. The van der Waals surface area contributed by atoms with Gasteiger partial charge in [0, 0.05) is 41.8 Å². The Labute approximate surface area is 237 Å². The monoisotopic (exact) mass is 568 g/mol. The van der Waals surface area contributed by atoms with Crippen molar-refractivity contribution in [2.24, 2.45) is 0 Å². The number of H-pyrrole nitrogens is 1. The van der Waals surface area contributed by atoms with E-state index in [-0.39, 0.29) is 18.3 Å². The number of nitrogens with one attached hydrogen (secondary N) is 2. The number of carbonyl (C=O) groups is 2. The maximum atomic E-state index is 13.7. The minimum Gasteiger partial charge on any atom is -0.361 e. The number of urea groups is 1. The smallest absolute Gasteiger partial charge is 0.322 e. The number of aromatic nitrogens is 1. The Hall–Kier alpha value is -3.55. The molecular weight excluding hydrogens is 538 g/mol. The summed E-state index contributed by atoms with van der Waals surface area (Å²) in [5.74, 6) is -0.536. The number of amides is 3. The third-order valence-corrected chi connectivity index (χ3v) is 7.08. The largest absolute Gasteiger partial charge is 0.361 e. The van der Waals surface area contributed by atoms with Crippen LogP contribution in [0.5, 0.6) is 0 Å². The summed E-state index contributed by atoms with van der Waals surface area (Å²) < 4.78 is 13.5. The lowest BCUT2D eigenvalue weighted by Crippen LogP contribution is -2.45. The van der Waals surface area contributed by atoms with Crippen LogP contribution in [0.2, 0.25) is 10.0 Å². The number of unbranched alkanes of at least 4 members (excludes halogenated alkanes) is 1. The fourth-order valence-corrected chi connectivity index (χ4v) is 4.80. The molecule has 3 amide bonds. The predicted molar refractivity (Wildman–Crippen MR) is 156 cm³/mol. The molecule has 0 spiro atoms. The topological polar surface area (TPSA) is 68.4 Å². The van der Waals surface area contributed by atoms with Crippen molar-refractivity contribution in [2.75, 3.05) is 25.0 Å². The van der Waals surface area contributed by atoms with Crippen LogP contribution in [0, 0.1) is 5.82 Å². The number of fused-ring (bicyclic) bond motifs is 1. The van der Waals surface area contributed by atoms with Gasteiger partial charge in [-0.1, -0.05) is 66.9 Å². The van der Waals surface area contributed by atoms with E-state index < -0.39 is 6.03 Å². The Balaban J connectivity index is 1.51. The zero-order valence-corrected chi connectivity index (χ0v) is 23.2. The Kier molecular flexibility index (Phi) is 9.85. The molecule has 0 aliphatic heterocycles. The Bertz CT molecular complexity index is 1420. The Morgan fingerprint density at radius 3 is 2.49 bits per heavy atom. The van der Waals surface area contributed by atoms with Gasteiger partial charge < -0.3 is 20.1 Å². The van der Waals surface area contributed by atoms with Gasteiger partial charge in [0.1, 0.15) is 12.4 Å². The molecule has 3 aromatic carbocycles. The van der Waals surface area contributed by atoms with Crippen LogP contribution >= 0.6 is 23.2 Å². The summed E-state index contributed by atoms with van der Waals surface area (Å²) in [5.41, 5.74) is 3.36. The summed E-state index contributed by atoms with van der Waals surface area (Å²) >= 11 is 12.2. The first kappa shape index (κ1) is 28.5. The van der Waals surface area contributed by atoms with Crippen LogP contribution < -0.4 is 5.32 Å². The van der Waals surface area contributed by atoms with E-state index in [9.17, 15) is 14.0 Å². The van der Waals surface area contributed by atoms with Crippen LogP contribution in [0.15, 0.2) is 72.9 Å². The van der Waals surface area contributed by atoms with Crippen molar-refractivity contribution in [3.05, 3.63) is 99.9 Å². The predicted octanol–water partition coefficient (Wildman–Crippen LogP) is 7.52. The van der Waals surface area contributed by atoms with Crippen LogP contribution in [-0.2, 0) is 17.8 Å². The first-order valence-electron chi connectivity index (χ1n) is 12.9. The lowest BCUT2D eigenvalue weighted by atomic mass is 10.1. The molecule has 2 N–H and O–H groups in total. The molecule has 0 aliphatic rings. The summed E-state index contributed by atoms with van der Waals surface area (Å²) in [6, 6.07) is 18.5. The van der Waals surface area contributed by atoms with E-state index in [2.05, 4.69) is 10.3 Å². The molecule has 6 nitrogen and oxygen atoms in total.